The minimum atomic E-state index is -1.45. The molecule has 0 unspecified atom stereocenters. The molecular formula is C18H14F2N2O3. The number of hydrogen-bond acceptors (Lipinski definition) is 4. The molecule has 128 valence electrons. The minimum Gasteiger partial charge on any atom is -0.467 e. The second-order valence-electron chi connectivity index (χ2n) is 5.20. The summed E-state index contributed by atoms with van der Waals surface area (Å²) in [6, 6.07) is 8.81. The van der Waals surface area contributed by atoms with Gasteiger partial charge >= 0.3 is 5.97 Å². The Morgan fingerprint density at radius 1 is 1.16 bits per heavy atom. The zero-order valence-corrected chi connectivity index (χ0v) is 13.5. The average Bonchev–Trinajstić information content (AvgIpc) is 2.63. The highest BCUT2D eigenvalue weighted by molar-refractivity contribution is 5.97. The molecule has 5 nitrogen and oxygen atoms in total. The molecule has 0 bridgehead atoms. The Morgan fingerprint density at radius 3 is 2.36 bits per heavy atom. The average molecular weight is 344 g/mol. The minimum absolute atomic E-state index is 0.187. The lowest BCUT2D eigenvalue weighted by Crippen LogP contribution is -2.37. The first-order valence-corrected chi connectivity index (χ1v) is 7.19. The molecule has 0 saturated heterocycles. The van der Waals surface area contributed by atoms with Gasteiger partial charge in [0.05, 0.1) is 18.7 Å². The second kappa shape index (κ2) is 7.53. The van der Waals surface area contributed by atoms with Crippen molar-refractivity contribution in [2.45, 2.75) is 6.04 Å². The Balaban J connectivity index is 2.43. The van der Waals surface area contributed by atoms with Gasteiger partial charge in [-0.05, 0) is 42.5 Å². The third-order valence-electron chi connectivity index (χ3n) is 3.65. The molecule has 2 rings (SSSR count). The van der Waals surface area contributed by atoms with E-state index in [0.717, 1.165) is 30.2 Å². The third kappa shape index (κ3) is 3.80. The normalized spacial score (nSPS) is 11.3. The number of nitriles is 1. The van der Waals surface area contributed by atoms with Gasteiger partial charge in [-0.3, -0.25) is 4.79 Å². The smallest absolute Gasteiger partial charge is 0.333 e. The molecule has 0 aromatic heterocycles. The Hall–Kier alpha value is -3.27. The van der Waals surface area contributed by atoms with E-state index in [0.29, 0.717) is 5.56 Å². The number of esters is 1. The van der Waals surface area contributed by atoms with E-state index in [4.69, 9.17) is 5.26 Å². The van der Waals surface area contributed by atoms with Crippen LogP contribution in [0.2, 0.25) is 0 Å². The number of hydrogen-bond donors (Lipinski definition) is 0. The van der Waals surface area contributed by atoms with Crippen molar-refractivity contribution >= 4 is 11.9 Å². The molecule has 7 heteroatoms. The summed E-state index contributed by atoms with van der Waals surface area (Å²) in [5, 5.41) is 8.79. The zero-order chi connectivity index (χ0) is 18.6. The van der Waals surface area contributed by atoms with Crippen molar-refractivity contribution in [3.8, 4) is 6.07 Å². The predicted octanol–water partition coefficient (Wildman–Crippen LogP) is 2.82. The fraction of sp³-hybridized carbons (Fsp3) is 0.167. The maximum Gasteiger partial charge on any atom is 0.333 e. The van der Waals surface area contributed by atoms with Crippen LogP contribution in [0.5, 0.6) is 0 Å². The van der Waals surface area contributed by atoms with Crippen molar-refractivity contribution in [1.82, 2.24) is 4.90 Å². The van der Waals surface area contributed by atoms with Crippen LogP contribution in [-0.2, 0) is 9.53 Å². The van der Waals surface area contributed by atoms with Crippen LogP contribution in [0.3, 0.4) is 0 Å². The molecule has 0 aliphatic heterocycles. The molecule has 0 saturated carbocycles. The fourth-order valence-corrected chi connectivity index (χ4v) is 2.34. The fourth-order valence-electron chi connectivity index (χ4n) is 2.34. The highest BCUT2D eigenvalue weighted by Gasteiger charge is 2.32. The lowest BCUT2D eigenvalue weighted by molar-refractivity contribution is -0.146. The first-order chi connectivity index (χ1) is 11.9. The van der Waals surface area contributed by atoms with Gasteiger partial charge in [0, 0.05) is 18.2 Å². The van der Waals surface area contributed by atoms with E-state index in [1.165, 1.54) is 31.3 Å². The number of benzene rings is 2. The molecule has 25 heavy (non-hydrogen) atoms. The molecule has 0 N–H and O–H groups in total. The van der Waals surface area contributed by atoms with Gasteiger partial charge in [0.1, 0.15) is 11.6 Å². The molecule has 2 aromatic carbocycles. The summed E-state index contributed by atoms with van der Waals surface area (Å²) in [7, 11) is 2.37. The van der Waals surface area contributed by atoms with Crippen molar-refractivity contribution in [3.63, 3.8) is 0 Å². The van der Waals surface area contributed by atoms with Crippen LogP contribution in [0.25, 0.3) is 0 Å². The number of amides is 1. The maximum atomic E-state index is 14.1. The lowest BCUT2D eigenvalue weighted by atomic mass is 10.0. The van der Waals surface area contributed by atoms with Crippen LogP contribution >= 0.6 is 0 Å². The summed E-state index contributed by atoms with van der Waals surface area (Å²) < 4.78 is 32.2. The number of methoxy groups -OCH3 is 1. The Morgan fingerprint density at radius 2 is 1.80 bits per heavy atom. The molecule has 1 amide bonds. The molecule has 2 aromatic rings. The maximum absolute atomic E-state index is 14.1. The Kier molecular flexibility index (Phi) is 5.45. The first kappa shape index (κ1) is 18.1. The SMILES string of the molecule is COC(=O)[C@H](c1cc(F)ccc1F)N(C)C(=O)c1ccc(C#N)cc1. The van der Waals surface area contributed by atoms with E-state index in [1.807, 2.05) is 6.07 Å². The van der Waals surface area contributed by atoms with Crippen LogP contribution in [0, 0.1) is 23.0 Å². The number of carbonyl (C=O) groups excluding carboxylic acids is 2. The summed E-state index contributed by atoms with van der Waals surface area (Å²) in [5.74, 6) is -3.10. The van der Waals surface area contributed by atoms with Crippen LogP contribution in [0.15, 0.2) is 42.5 Å². The highest BCUT2D eigenvalue weighted by atomic mass is 19.1. The summed E-state index contributed by atoms with van der Waals surface area (Å²) >= 11 is 0. The van der Waals surface area contributed by atoms with Crippen molar-refractivity contribution in [2.24, 2.45) is 0 Å². The Bertz CT molecular complexity index is 844. The molecule has 0 radical (unpaired) electrons. The van der Waals surface area contributed by atoms with Crippen molar-refractivity contribution in [1.29, 1.82) is 5.26 Å². The first-order valence-electron chi connectivity index (χ1n) is 7.19. The van der Waals surface area contributed by atoms with Crippen LogP contribution in [0.1, 0.15) is 27.5 Å². The van der Waals surface area contributed by atoms with Crippen molar-refractivity contribution < 1.29 is 23.1 Å². The van der Waals surface area contributed by atoms with Gasteiger partial charge in [-0.25, -0.2) is 13.6 Å². The largest absolute Gasteiger partial charge is 0.467 e. The molecule has 0 fully saturated rings. The van der Waals surface area contributed by atoms with E-state index in [2.05, 4.69) is 4.74 Å². The molecule has 0 aliphatic carbocycles. The second-order valence-corrected chi connectivity index (χ2v) is 5.20. The van der Waals surface area contributed by atoms with E-state index in [9.17, 15) is 18.4 Å². The number of halogens is 2. The third-order valence-corrected chi connectivity index (χ3v) is 3.65. The van der Waals surface area contributed by atoms with Gasteiger partial charge in [0.15, 0.2) is 6.04 Å². The molecule has 0 spiro atoms. The van der Waals surface area contributed by atoms with E-state index in [-0.39, 0.29) is 11.1 Å². The van der Waals surface area contributed by atoms with Crippen LogP contribution in [0.4, 0.5) is 8.78 Å². The lowest BCUT2D eigenvalue weighted by Gasteiger charge is -2.26. The summed E-state index contributed by atoms with van der Waals surface area (Å²) in [6.45, 7) is 0. The van der Waals surface area contributed by atoms with Crippen molar-refractivity contribution in [2.75, 3.05) is 14.2 Å². The quantitative estimate of drug-likeness (QED) is 0.800. The van der Waals surface area contributed by atoms with Gasteiger partial charge in [-0.15, -0.1) is 0 Å². The van der Waals surface area contributed by atoms with Gasteiger partial charge in [0.2, 0.25) is 0 Å². The number of likely N-dealkylation sites (N-methyl/N-ethyl adjacent to an activating group) is 1. The topological polar surface area (TPSA) is 70.4 Å². The van der Waals surface area contributed by atoms with Gasteiger partial charge in [0.25, 0.3) is 5.91 Å². The summed E-state index contributed by atoms with van der Waals surface area (Å²) in [6.07, 6.45) is 0. The van der Waals surface area contributed by atoms with Crippen LogP contribution in [-0.4, -0.2) is 30.9 Å². The molecule has 0 aliphatic rings. The standard InChI is InChI=1S/C18H14F2N2O3/c1-22(17(23)12-5-3-11(10-21)4-6-12)16(18(24)25-2)14-9-13(19)7-8-15(14)20/h3-9,16H,1-2H3/t16-/m0/s1. The zero-order valence-electron chi connectivity index (χ0n) is 13.5. The van der Waals surface area contributed by atoms with Gasteiger partial charge in [-0.2, -0.15) is 5.26 Å². The van der Waals surface area contributed by atoms with Gasteiger partial charge < -0.3 is 9.64 Å². The van der Waals surface area contributed by atoms with E-state index < -0.39 is 29.6 Å². The molecular weight excluding hydrogens is 330 g/mol. The van der Waals surface area contributed by atoms with Crippen LogP contribution < -0.4 is 0 Å². The summed E-state index contributed by atoms with van der Waals surface area (Å²) in [5.41, 5.74) is 0.239. The predicted molar refractivity (Wildman–Crippen MR) is 84.4 cm³/mol. The number of nitrogens with zero attached hydrogens (tertiary/aromatic N) is 2. The number of rotatable bonds is 4. The Labute approximate surface area is 143 Å². The monoisotopic (exact) mass is 344 g/mol. The van der Waals surface area contributed by atoms with E-state index >= 15 is 0 Å². The highest BCUT2D eigenvalue weighted by Crippen LogP contribution is 2.26. The molecule has 1 atom stereocenters. The molecule has 0 heterocycles. The number of carbonyl (C=O) groups is 2. The summed E-state index contributed by atoms with van der Waals surface area (Å²) in [4.78, 5) is 25.7. The van der Waals surface area contributed by atoms with Gasteiger partial charge in [-0.1, -0.05) is 0 Å². The number of ether oxygens (including phenoxy) is 1. The van der Waals surface area contributed by atoms with Crippen molar-refractivity contribution in [3.05, 3.63) is 70.8 Å². The van der Waals surface area contributed by atoms with E-state index in [1.54, 1.807) is 0 Å².